The van der Waals surface area contributed by atoms with Gasteiger partial charge in [-0.1, -0.05) is 31.2 Å². The van der Waals surface area contributed by atoms with E-state index < -0.39 is 29.4 Å². The van der Waals surface area contributed by atoms with Crippen molar-refractivity contribution in [3.05, 3.63) is 35.4 Å². The highest BCUT2D eigenvalue weighted by Crippen LogP contribution is 2.24. The topological polar surface area (TPSA) is 69.7 Å². The van der Waals surface area contributed by atoms with E-state index in [0.717, 1.165) is 12.0 Å². The number of carbonyl (C=O) groups is 3. The molecule has 118 valence electrons. The molecule has 0 radical (unpaired) electrons. The van der Waals surface area contributed by atoms with E-state index in [4.69, 9.17) is 9.47 Å². The number of ether oxygens (including phenoxy) is 2. The summed E-state index contributed by atoms with van der Waals surface area (Å²) >= 11 is 0. The van der Waals surface area contributed by atoms with Gasteiger partial charge in [0.05, 0.1) is 0 Å². The molecule has 1 fully saturated rings. The highest BCUT2D eigenvalue weighted by atomic mass is 16.7. The Morgan fingerprint density at radius 3 is 2.05 bits per heavy atom. The number of Topliss-reactive ketones (excluding diaryl/α,β-unsaturated/α-hetero) is 1. The Labute approximate surface area is 129 Å². The number of hydrogen-bond donors (Lipinski definition) is 0. The average Bonchev–Trinajstić information content (AvgIpc) is 2.43. The molecule has 5 nitrogen and oxygen atoms in total. The summed E-state index contributed by atoms with van der Waals surface area (Å²) in [5, 5.41) is 0. The van der Waals surface area contributed by atoms with Crippen molar-refractivity contribution in [2.75, 3.05) is 0 Å². The molecule has 22 heavy (non-hydrogen) atoms. The Morgan fingerprint density at radius 1 is 1.05 bits per heavy atom. The smallest absolute Gasteiger partial charge is 0.331 e. The van der Waals surface area contributed by atoms with E-state index in [2.05, 4.69) is 6.92 Å². The van der Waals surface area contributed by atoms with Gasteiger partial charge in [0.1, 0.15) is 0 Å². The molecule has 0 unspecified atom stereocenters. The summed E-state index contributed by atoms with van der Waals surface area (Å²) in [6, 6.07) is 7.91. The molecule has 1 aliphatic heterocycles. The molecule has 1 aromatic carbocycles. The van der Waals surface area contributed by atoms with E-state index in [1.165, 1.54) is 19.4 Å². The highest BCUT2D eigenvalue weighted by Gasteiger charge is 2.46. The zero-order valence-corrected chi connectivity index (χ0v) is 13.0. The van der Waals surface area contributed by atoms with Crippen LogP contribution in [0.4, 0.5) is 0 Å². The minimum atomic E-state index is -1.46. The lowest BCUT2D eigenvalue weighted by atomic mass is 9.96. The zero-order valence-electron chi connectivity index (χ0n) is 13.0. The van der Waals surface area contributed by atoms with Crippen molar-refractivity contribution in [2.45, 2.75) is 45.8 Å². The number of carbonyl (C=O) groups excluding carboxylic acids is 3. The predicted octanol–water partition coefficient (Wildman–Crippen LogP) is 2.20. The number of aryl methyl sites for hydroxylation is 2. The van der Waals surface area contributed by atoms with Gasteiger partial charge in [-0.15, -0.1) is 0 Å². The molecular weight excluding hydrogens is 284 g/mol. The van der Waals surface area contributed by atoms with E-state index >= 15 is 0 Å². The quantitative estimate of drug-likeness (QED) is 0.616. The van der Waals surface area contributed by atoms with Crippen molar-refractivity contribution < 1.29 is 23.9 Å². The fourth-order valence-electron chi connectivity index (χ4n) is 2.34. The second kappa shape index (κ2) is 6.30. The molecule has 1 saturated heterocycles. The Kier molecular flexibility index (Phi) is 4.64. The highest BCUT2D eigenvalue weighted by molar-refractivity contribution is 6.15. The van der Waals surface area contributed by atoms with Gasteiger partial charge in [0.25, 0.3) is 5.79 Å². The summed E-state index contributed by atoms with van der Waals surface area (Å²) in [5.41, 5.74) is 2.21. The number of benzene rings is 1. The molecule has 1 heterocycles. The second-order valence-corrected chi connectivity index (χ2v) is 5.81. The summed E-state index contributed by atoms with van der Waals surface area (Å²) in [7, 11) is 0. The van der Waals surface area contributed by atoms with E-state index in [9.17, 15) is 14.4 Å². The molecule has 0 aliphatic carbocycles. The largest absolute Gasteiger partial charge is 0.422 e. The normalized spacial score (nSPS) is 17.8. The summed E-state index contributed by atoms with van der Waals surface area (Å²) in [6.07, 6.45) is 1.53. The first-order valence-electron chi connectivity index (χ1n) is 7.38. The summed E-state index contributed by atoms with van der Waals surface area (Å²) < 4.78 is 9.91. The first kappa shape index (κ1) is 16.2. The van der Waals surface area contributed by atoms with E-state index in [0.29, 0.717) is 6.42 Å². The Bertz CT molecular complexity index is 566. The average molecular weight is 304 g/mol. The predicted molar refractivity (Wildman–Crippen MR) is 78.9 cm³/mol. The van der Waals surface area contributed by atoms with Crippen LogP contribution in [0.25, 0.3) is 0 Å². The number of rotatable bonds is 5. The maximum Gasteiger partial charge on any atom is 0.331 e. The van der Waals surface area contributed by atoms with E-state index in [1.54, 1.807) is 0 Å². The molecule has 0 aromatic heterocycles. The van der Waals surface area contributed by atoms with Crippen LogP contribution < -0.4 is 0 Å². The van der Waals surface area contributed by atoms with Gasteiger partial charge in [-0.25, -0.2) is 0 Å². The standard InChI is InChI=1S/C17H20O5/c1-4-11-5-7-12(8-6-11)9-10-13(18)14-15(19)21-17(2,3)22-16(14)20/h5-8,14H,4,9-10H2,1-3H3. The van der Waals surface area contributed by atoms with Crippen molar-refractivity contribution in [3.8, 4) is 0 Å². The first-order chi connectivity index (χ1) is 10.3. The van der Waals surface area contributed by atoms with Crippen molar-refractivity contribution in [2.24, 2.45) is 5.92 Å². The van der Waals surface area contributed by atoms with E-state index in [-0.39, 0.29) is 6.42 Å². The monoisotopic (exact) mass is 304 g/mol. The number of cyclic esters (lactones) is 2. The molecule has 2 rings (SSSR count). The summed E-state index contributed by atoms with van der Waals surface area (Å²) in [6.45, 7) is 4.98. The minimum absolute atomic E-state index is 0.0980. The number of hydrogen-bond acceptors (Lipinski definition) is 5. The van der Waals surface area contributed by atoms with Crippen molar-refractivity contribution in [1.29, 1.82) is 0 Å². The van der Waals surface area contributed by atoms with Crippen LogP contribution in [-0.4, -0.2) is 23.5 Å². The van der Waals surface area contributed by atoms with Crippen molar-refractivity contribution >= 4 is 17.7 Å². The van der Waals surface area contributed by atoms with Gasteiger partial charge >= 0.3 is 11.9 Å². The van der Waals surface area contributed by atoms with Crippen LogP contribution >= 0.6 is 0 Å². The van der Waals surface area contributed by atoms with E-state index in [1.807, 2.05) is 24.3 Å². The van der Waals surface area contributed by atoms with Gasteiger partial charge in [-0.05, 0) is 24.0 Å². The summed E-state index contributed by atoms with van der Waals surface area (Å²) in [5.74, 6) is -4.88. The lowest BCUT2D eigenvalue weighted by molar-refractivity contribution is -0.238. The van der Waals surface area contributed by atoms with Crippen LogP contribution in [0.3, 0.4) is 0 Å². The summed E-state index contributed by atoms with van der Waals surface area (Å²) in [4.78, 5) is 35.8. The van der Waals surface area contributed by atoms with Crippen LogP contribution in [0.1, 0.15) is 38.3 Å². The van der Waals surface area contributed by atoms with Gasteiger partial charge < -0.3 is 9.47 Å². The minimum Gasteiger partial charge on any atom is -0.422 e. The lowest BCUT2D eigenvalue weighted by Crippen LogP contribution is -2.49. The molecule has 1 aromatic rings. The van der Waals surface area contributed by atoms with Crippen LogP contribution in [0.2, 0.25) is 0 Å². The van der Waals surface area contributed by atoms with Crippen molar-refractivity contribution in [1.82, 2.24) is 0 Å². The lowest BCUT2D eigenvalue weighted by Gasteiger charge is -2.32. The van der Waals surface area contributed by atoms with Gasteiger partial charge in [-0.2, -0.15) is 0 Å². The fraction of sp³-hybridized carbons (Fsp3) is 0.471. The molecule has 0 amide bonds. The Hall–Kier alpha value is -2.17. The van der Waals surface area contributed by atoms with Crippen molar-refractivity contribution in [3.63, 3.8) is 0 Å². The SMILES string of the molecule is CCc1ccc(CCC(=O)C2C(=O)OC(C)(C)OC2=O)cc1. The molecular formula is C17H20O5. The molecule has 0 bridgehead atoms. The van der Waals surface area contributed by atoms with Gasteiger partial charge in [0.2, 0.25) is 5.92 Å². The van der Waals surface area contributed by atoms with Crippen LogP contribution in [0.5, 0.6) is 0 Å². The Balaban J connectivity index is 1.97. The molecule has 0 spiro atoms. The fourth-order valence-corrected chi connectivity index (χ4v) is 2.34. The number of ketones is 1. The third kappa shape index (κ3) is 3.72. The molecule has 1 aliphatic rings. The zero-order chi connectivity index (χ0) is 16.3. The van der Waals surface area contributed by atoms with Gasteiger partial charge in [-0.3, -0.25) is 14.4 Å². The molecule has 0 saturated carbocycles. The molecule has 0 N–H and O–H groups in total. The van der Waals surface area contributed by atoms with Gasteiger partial charge in [0, 0.05) is 20.3 Å². The molecule has 0 atom stereocenters. The van der Waals surface area contributed by atoms with Crippen LogP contribution in [0, 0.1) is 5.92 Å². The van der Waals surface area contributed by atoms with Crippen LogP contribution in [0.15, 0.2) is 24.3 Å². The Morgan fingerprint density at radius 2 is 1.55 bits per heavy atom. The van der Waals surface area contributed by atoms with Crippen LogP contribution in [-0.2, 0) is 36.7 Å². The first-order valence-corrected chi connectivity index (χ1v) is 7.38. The number of esters is 2. The molecule has 5 heteroatoms. The third-order valence-electron chi connectivity index (χ3n) is 3.58. The van der Waals surface area contributed by atoms with Gasteiger partial charge in [0.15, 0.2) is 5.78 Å². The maximum absolute atomic E-state index is 12.1. The maximum atomic E-state index is 12.1. The second-order valence-electron chi connectivity index (χ2n) is 5.81. The third-order valence-corrected chi connectivity index (χ3v) is 3.58.